The lowest BCUT2D eigenvalue weighted by Gasteiger charge is -2.26. The summed E-state index contributed by atoms with van der Waals surface area (Å²) < 4.78 is 37.4. The van der Waals surface area contributed by atoms with Crippen molar-refractivity contribution in [3.8, 4) is 0 Å². The molecule has 2 fully saturated rings. The van der Waals surface area contributed by atoms with Crippen molar-refractivity contribution in [3.05, 3.63) is 22.4 Å². The van der Waals surface area contributed by atoms with E-state index in [0.29, 0.717) is 6.54 Å². The van der Waals surface area contributed by atoms with Crippen molar-refractivity contribution < 1.29 is 22.8 Å². The Kier molecular flexibility index (Phi) is 4.35. The molecule has 0 saturated carbocycles. The minimum absolute atomic E-state index is 0.00531. The van der Waals surface area contributed by atoms with Gasteiger partial charge in [-0.1, -0.05) is 6.07 Å². The molecule has 3 rings (SSSR count). The lowest BCUT2D eigenvalue weighted by Crippen LogP contribution is -2.38. The number of carbonyl (C=O) groups is 2. The highest BCUT2D eigenvalue weighted by Crippen LogP contribution is 2.36. The molecule has 23 heavy (non-hydrogen) atoms. The summed E-state index contributed by atoms with van der Waals surface area (Å²) in [6.45, 7) is -0.805. The number of rotatable bonds is 3. The molecule has 2 atom stereocenters. The quantitative estimate of drug-likeness (QED) is 0.844. The van der Waals surface area contributed by atoms with E-state index in [-0.39, 0.29) is 24.9 Å². The van der Waals surface area contributed by atoms with Gasteiger partial charge in [0, 0.05) is 24.4 Å². The first-order valence-electron chi connectivity index (χ1n) is 7.53. The normalized spacial score (nSPS) is 25.4. The van der Waals surface area contributed by atoms with Crippen LogP contribution in [0, 0.1) is 5.92 Å². The molecule has 8 heteroatoms. The number of carbonyl (C=O) groups excluding carboxylic acids is 2. The van der Waals surface area contributed by atoms with Crippen molar-refractivity contribution in [2.45, 2.75) is 31.5 Å². The van der Waals surface area contributed by atoms with Gasteiger partial charge >= 0.3 is 6.18 Å². The Morgan fingerprint density at radius 3 is 2.83 bits per heavy atom. The van der Waals surface area contributed by atoms with Crippen molar-refractivity contribution in [3.63, 3.8) is 0 Å². The first kappa shape index (κ1) is 16.3. The van der Waals surface area contributed by atoms with E-state index >= 15 is 0 Å². The zero-order valence-electron chi connectivity index (χ0n) is 12.4. The average Bonchev–Trinajstić information content (AvgIpc) is 3.16. The summed E-state index contributed by atoms with van der Waals surface area (Å²) in [6, 6.07) is 3.89. The van der Waals surface area contributed by atoms with Crippen LogP contribution in [0.25, 0.3) is 0 Å². The fourth-order valence-corrected chi connectivity index (χ4v) is 4.22. The van der Waals surface area contributed by atoms with E-state index in [0.717, 1.165) is 22.6 Å². The lowest BCUT2D eigenvalue weighted by molar-refractivity contribution is -0.157. The molecule has 0 N–H and O–H groups in total. The molecule has 2 amide bonds. The number of hydrogen-bond donors (Lipinski definition) is 0. The Labute approximate surface area is 135 Å². The number of nitrogens with zero attached hydrogens (tertiary/aromatic N) is 2. The van der Waals surface area contributed by atoms with E-state index in [2.05, 4.69) is 0 Å². The summed E-state index contributed by atoms with van der Waals surface area (Å²) >= 11 is 1.57. The molecule has 1 aromatic rings. The standard InChI is InChI=1S/C15H17F3N2O2S/c16-15(17,18)9-19-8-10(7-13(19)21)14(22)20-5-1-3-11(20)12-4-2-6-23-12/h2,4,6,10-11H,1,3,5,7-9H2/t10-,11+/m1/s1. The third kappa shape index (κ3) is 3.52. The maximum Gasteiger partial charge on any atom is 0.406 e. The van der Waals surface area contributed by atoms with Crippen LogP contribution in [0.1, 0.15) is 30.2 Å². The second-order valence-corrected chi connectivity index (χ2v) is 6.97. The van der Waals surface area contributed by atoms with Crippen LogP contribution in [0.5, 0.6) is 0 Å². The Bertz CT molecular complexity index is 588. The molecule has 2 aliphatic heterocycles. The van der Waals surface area contributed by atoms with Crippen LogP contribution in [0.15, 0.2) is 17.5 Å². The minimum atomic E-state index is -4.43. The topological polar surface area (TPSA) is 40.6 Å². The number of halogens is 3. The number of likely N-dealkylation sites (tertiary alicyclic amines) is 2. The van der Waals surface area contributed by atoms with E-state index in [4.69, 9.17) is 0 Å². The van der Waals surface area contributed by atoms with Gasteiger partial charge in [0.2, 0.25) is 11.8 Å². The van der Waals surface area contributed by atoms with Crippen molar-refractivity contribution in [2.24, 2.45) is 5.92 Å². The van der Waals surface area contributed by atoms with Crippen LogP contribution in [0.3, 0.4) is 0 Å². The summed E-state index contributed by atoms with van der Waals surface area (Å²) in [4.78, 5) is 28.0. The van der Waals surface area contributed by atoms with Crippen molar-refractivity contribution in [2.75, 3.05) is 19.6 Å². The van der Waals surface area contributed by atoms with Gasteiger partial charge in [-0.15, -0.1) is 11.3 Å². The van der Waals surface area contributed by atoms with E-state index in [1.165, 1.54) is 0 Å². The lowest BCUT2D eigenvalue weighted by atomic mass is 10.1. The fourth-order valence-electron chi connectivity index (χ4n) is 3.35. The van der Waals surface area contributed by atoms with Gasteiger partial charge in [0.15, 0.2) is 0 Å². The summed E-state index contributed by atoms with van der Waals surface area (Å²) in [5.41, 5.74) is 0. The molecule has 126 valence electrons. The number of amides is 2. The summed E-state index contributed by atoms with van der Waals surface area (Å²) in [5, 5.41) is 1.94. The van der Waals surface area contributed by atoms with Gasteiger partial charge in [-0.2, -0.15) is 13.2 Å². The first-order valence-corrected chi connectivity index (χ1v) is 8.41. The molecule has 3 heterocycles. The van der Waals surface area contributed by atoms with Crippen LogP contribution in [0.2, 0.25) is 0 Å². The van der Waals surface area contributed by atoms with Gasteiger partial charge in [0.1, 0.15) is 6.54 Å². The summed E-state index contributed by atoms with van der Waals surface area (Å²) in [7, 11) is 0. The Hall–Kier alpha value is -1.57. The maximum absolute atomic E-state index is 12.7. The predicted octanol–water partition coefficient (Wildman–Crippen LogP) is 2.82. The van der Waals surface area contributed by atoms with E-state index in [1.54, 1.807) is 16.2 Å². The highest BCUT2D eigenvalue weighted by molar-refractivity contribution is 7.10. The SMILES string of the molecule is O=C1C[C@@H](C(=O)N2CCC[C@H]2c2cccs2)CN1CC(F)(F)F. The molecule has 0 unspecified atom stereocenters. The van der Waals surface area contributed by atoms with Crippen molar-refractivity contribution in [1.82, 2.24) is 9.80 Å². The second kappa shape index (κ2) is 6.14. The molecule has 0 aromatic carbocycles. The minimum Gasteiger partial charge on any atom is -0.335 e. The van der Waals surface area contributed by atoms with Crippen LogP contribution in [-0.4, -0.2) is 47.4 Å². The molecule has 0 spiro atoms. The van der Waals surface area contributed by atoms with Gasteiger partial charge in [0.25, 0.3) is 0 Å². The molecule has 0 radical (unpaired) electrons. The molecule has 0 aliphatic carbocycles. The van der Waals surface area contributed by atoms with E-state index < -0.39 is 24.5 Å². The number of hydrogen-bond acceptors (Lipinski definition) is 3. The zero-order valence-corrected chi connectivity index (χ0v) is 13.2. The Morgan fingerprint density at radius 1 is 1.39 bits per heavy atom. The van der Waals surface area contributed by atoms with Gasteiger partial charge in [-0.3, -0.25) is 9.59 Å². The van der Waals surface area contributed by atoms with E-state index in [9.17, 15) is 22.8 Å². The van der Waals surface area contributed by atoms with Gasteiger partial charge in [0.05, 0.1) is 12.0 Å². The van der Waals surface area contributed by atoms with Crippen LogP contribution in [-0.2, 0) is 9.59 Å². The second-order valence-electron chi connectivity index (χ2n) is 6.00. The highest BCUT2D eigenvalue weighted by Gasteiger charge is 2.43. The van der Waals surface area contributed by atoms with Gasteiger partial charge in [-0.25, -0.2) is 0 Å². The summed E-state index contributed by atoms with van der Waals surface area (Å²) in [5.74, 6) is -1.45. The molecule has 4 nitrogen and oxygen atoms in total. The monoisotopic (exact) mass is 346 g/mol. The van der Waals surface area contributed by atoms with E-state index in [1.807, 2.05) is 17.5 Å². The zero-order chi connectivity index (χ0) is 16.6. The Morgan fingerprint density at radius 2 is 2.17 bits per heavy atom. The van der Waals surface area contributed by atoms with Crippen molar-refractivity contribution in [1.29, 1.82) is 0 Å². The molecule has 1 aromatic heterocycles. The molecular formula is C15H17F3N2O2S. The van der Waals surface area contributed by atoms with Crippen LogP contribution in [0.4, 0.5) is 13.2 Å². The molecule has 2 aliphatic rings. The largest absolute Gasteiger partial charge is 0.406 e. The summed E-state index contributed by atoms with van der Waals surface area (Å²) in [6.07, 6.45) is -2.82. The van der Waals surface area contributed by atoms with Crippen LogP contribution >= 0.6 is 11.3 Å². The number of alkyl halides is 3. The first-order chi connectivity index (χ1) is 10.8. The molecule has 0 bridgehead atoms. The maximum atomic E-state index is 12.7. The smallest absolute Gasteiger partial charge is 0.335 e. The third-order valence-corrected chi connectivity index (χ3v) is 5.31. The highest BCUT2D eigenvalue weighted by atomic mass is 32.1. The number of thiophene rings is 1. The average molecular weight is 346 g/mol. The Balaban J connectivity index is 1.68. The van der Waals surface area contributed by atoms with Gasteiger partial charge in [-0.05, 0) is 24.3 Å². The predicted molar refractivity (Wildman–Crippen MR) is 78.7 cm³/mol. The van der Waals surface area contributed by atoms with Crippen molar-refractivity contribution >= 4 is 23.2 Å². The molecule has 2 saturated heterocycles. The van der Waals surface area contributed by atoms with Crippen LogP contribution < -0.4 is 0 Å². The fraction of sp³-hybridized carbons (Fsp3) is 0.600. The third-order valence-electron chi connectivity index (χ3n) is 4.34. The molecular weight excluding hydrogens is 329 g/mol. The van der Waals surface area contributed by atoms with Gasteiger partial charge < -0.3 is 9.80 Å².